The number of nitrogens with zero attached hydrogens (tertiary/aromatic N) is 2. The zero-order valence-corrected chi connectivity index (χ0v) is 15.5. The van der Waals surface area contributed by atoms with Crippen molar-refractivity contribution >= 4 is 11.4 Å². The summed E-state index contributed by atoms with van der Waals surface area (Å²) in [4.78, 5) is 4.69. The molecule has 3 rings (SSSR count). The average Bonchev–Trinajstić information content (AvgIpc) is 2.96. The number of anilines is 1. The lowest BCUT2D eigenvalue weighted by atomic mass is 9.87. The molecule has 126 valence electrons. The summed E-state index contributed by atoms with van der Waals surface area (Å²) in [5.41, 5.74) is 6.85. The predicted octanol–water partition coefficient (Wildman–Crippen LogP) is 5.64. The average molecular weight is 320 g/mol. The standard InChI is InChI=1S/C22H28N2/c1-16(2)19-12-9-13-20(17(3)4)22(19)21-14-23(5)15-24(21)18-10-7-6-8-11-18/h6-14,16-17H,15H2,1-5H3. The Morgan fingerprint density at radius 2 is 1.38 bits per heavy atom. The molecule has 2 aromatic carbocycles. The van der Waals surface area contributed by atoms with Crippen LogP contribution in [0.2, 0.25) is 0 Å². The molecule has 0 saturated heterocycles. The molecule has 0 fully saturated rings. The van der Waals surface area contributed by atoms with Crippen molar-refractivity contribution in [1.29, 1.82) is 0 Å². The summed E-state index contributed by atoms with van der Waals surface area (Å²) < 4.78 is 0. The van der Waals surface area contributed by atoms with Gasteiger partial charge in [-0.15, -0.1) is 0 Å². The maximum atomic E-state index is 2.42. The molecule has 0 aromatic heterocycles. The van der Waals surface area contributed by atoms with Gasteiger partial charge in [0.25, 0.3) is 0 Å². The van der Waals surface area contributed by atoms with Gasteiger partial charge in [0.15, 0.2) is 0 Å². The van der Waals surface area contributed by atoms with Crippen molar-refractivity contribution < 1.29 is 0 Å². The van der Waals surface area contributed by atoms with Gasteiger partial charge in [-0.25, -0.2) is 0 Å². The Balaban J connectivity index is 2.17. The Kier molecular flexibility index (Phi) is 4.66. The van der Waals surface area contributed by atoms with Gasteiger partial charge in [0.2, 0.25) is 0 Å². The molecule has 0 atom stereocenters. The topological polar surface area (TPSA) is 6.48 Å². The van der Waals surface area contributed by atoms with E-state index in [1.807, 2.05) is 0 Å². The third-order valence-electron chi connectivity index (χ3n) is 4.69. The van der Waals surface area contributed by atoms with E-state index in [4.69, 9.17) is 0 Å². The van der Waals surface area contributed by atoms with Crippen LogP contribution in [0.25, 0.3) is 5.70 Å². The highest BCUT2D eigenvalue weighted by molar-refractivity contribution is 5.84. The summed E-state index contributed by atoms with van der Waals surface area (Å²) in [5.74, 6) is 1.01. The molecule has 0 radical (unpaired) electrons. The Bertz CT molecular complexity index is 703. The van der Waals surface area contributed by atoms with Crippen LogP contribution in [-0.2, 0) is 0 Å². The summed E-state index contributed by atoms with van der Waals surface area (Å²) in [6, 6.07) is 17.5. The number of hydrogen-bond acceptors (Lipinski definition) is 2. The second-order valence-corrected chi connectivity index (χ2v) is 7.30. The van der Waals surface area contributed by atoms with Crippen molar-refractivity contribution in [3.8, 4) is 0 Å². The first-order valence-corrected chi connectivity index (χ1v) is 8.87. The zero-order valence-electron chi connectivity index (χ0n) is 15.5. The molecule has 2 nitrogen and oxygen atoms in total. The monoisotopic (exact) mass is 320 g/mol. The molecule has 0 bridgehead atoms. The highest BCUT2D eigenvalue weighted by Gasteiger charge is 2.26. The van der Waals surface area contributed by atoms with E-state index < -0.39 is 0 Å². The van der Waals surface area contributed by atoms with Crippen LogP contribution in [0, 0.1) is 0 Å². The number of rotatable bonds is 4. The largest absolute Gasteiger partial charge is 0.361 e. The Morgan fingerprint density at radius 1 is 0.792 bits per heavy atom. The first-order chi connectivity index (χ1) is 11.5. The molecule has 0 amide bonds. The van der Waals surface area contributed by atoms with E-state index in [0.717, 1.165) is 6.67 Å². The van der Waals surface area contributed by atoms with Gasteiger partial charge in [0.1, 0.15) is 0 Å². The fourth-order valence-electron chi connectivity index (χ4n) is 3.49. The van der Waals surface area contributed by atoms with E-state index in [1.54, 1.807) is 0 Å². The Morgan fingerprint density at radius 3 is 1.92 bits per heavy atom. The molecule has 0 unspecified atom stereocenters. The van der Waals surface area contributed by atoms with Gasteiger partial charge in [-0.05, 0) is 35.1 Å². The van der Waals surface area contributed by atoms with Crippen LogP contribution in [0.5, 0.6) is 0 Å². The lowest BCUT2D eigenvalue weighted by Gasteiger charge is -2.27. The van der Waals surface area contributed by atoms with E-state index in [0.29, 0.717) is 11.8 Å². The number of para-hydroxylation sites is 1. The Labute approximate surface area is 146 Å². The third-order valence-corrected chi connectivity index (χ3v) is 4.69. The highest BCUT2D eigenvalue weighted by atomic mass is 15.3. The van der Waals surface area contributed by atoms with Crippen LogP contribution in [-0.4, -0.2) is 18.6 Å². The van der Waals surface area contributed by atoms with Crippen LogP contribution in [0.3, 0.4) is 0 Å². The smallest absolute Gasteiger partial charge is 0.0945 e. The van der Waals surface area contributed by atoms with Gasteiger partial charge in [0, 0.05) is 24.5 Å². The molecular weight excluding hydrogens is 292 g/mol. The van der Waals surface area contributed by atoms with Gasteiger partial charge < -0.3 is 9.80 Å². The maximum absolute atomic E-state index is 2.42. The summed E-state index contributed by atoms with van der Waals surface area (Å²) in [5, 5.41) is 0. The molecule has 24 heavy (non-hydrogen) atoms. The normalized spacial score (nSPS) is 14.7. The summed E-state index contributed by atoms with van der Waals surface area (Å²) >= 11 is 0. The first kappa shape index (κ1) is 16.6. The Hall–Kier alpha value is -2.22. The highest BCUT2D eigenvalue weighted by Crippen LogP contribution is 2.38. The first-order valence-electron chi connectivity index (χ1n) is 8.87. The van der Waals surface area contributed by atoms with Crippen LogP contribution < -0.4 is 4.90 Å². The molecule has 0 aliphatic carbocycles. The SMILES string of the molecule is CC(C)c1cccc(C(C)C)c1C1=CN(C)CN1c1ccccc1. The van der Waals surface area contributed by atoms with Crippen molar-refractivity contribution in [3.63, 3.8) is 0 Å². The fourth-order valence-corrected chi connectivity index (χ4v) is 3.49. The quantitative estimate of drug-likeness (QED) is 0.719. The molecular formula is C22H28N2. The van der Waals surface area contributed by atoms with Gasteiger partial charge in [-0.1, -0.05) is 64.1 Å². The third kappa shape index (κ3) is 3.06. The van der Waals surface area contributed by atoms with Crippen LogP contribution in [0.1, 0.15) is 56.2 Å². The molecule has 0 spiro atoms. The molecule has 0 saturated carbocycles. The zero-order chi connectivity index (χ0) is 17.3. The van der Waals surface area contributed by atoms with Crippen LogP contribution in [0.4, 0.5) is 5.69 Å². The minimum absolute atomic E-state index is 0.503. The molecule has 0 N–H and O–H groups in total. The van der Waals surface area contributed by atoms with Crippen LogP contribution >= 0.6 is 0 Å². The van der Waals surface area contributed by atoms with Gasteiger partial charge in [-0.2, -0.15) is 0 Å². The fraction of sp³-hybridized carbons (Fsp3) is 0.364. The van der Waals surface area contributed by atoms with Crippen molar-refractivity contribution in [3.05, 3.63) is 71.4 Å². The molecule has 1 aliphatic rings. The lowest BCUT2D eigenvalue weighted by Crippen LogP contribution is -2.24. The molecule has 1 heterocycles. The summed E-state index contributed by atoms with van der Waals surface area (Å²) in [7, 11) is 2.15. The van der Waals surface area contributed by atoms with E-state index in [-0.39, 0.29) is 0 Å². The second kappa shape index (κ2) is 6.72. The van der Waals surface area contributed by atoms with E-state index in [9.17, 15) is 0 Å². The van der Waals surface area contributed by atoms with E-state index >= 15 is 0 Å². The molecule has 2 heteroatoms. The van der Waals surface area contributed by atoms with Crippen molar-refractivity contribution in [1.82, 2.24) is 4.90 Å². The minimum atomic E-state index is 0.503. The van der Waals surface area contributed by atoms with Crippen LogP contribution in [0.15, 0.2) is 54.7 Å². The summed E-state index contributed by atoms with van der Waals surface area (Å²) in [6.45, 7) is 10.0. The maximum Gasteiger partial charge on any atom is 0.0945 e. The van der Waals surface area contributed by atoms with Gasteiger partial charge in [-0.3, -0.25) is 0 Å². The number of hydrogen-bond donors (Lipinski definition) is 0. The van der Waals surface area contributed by atoms with E-state index in [1.165, 1.54) is 28.1 Å². The van der Waals surface area contributed by atoms with Crippen molar-refractivity contribution in [2.24, 2.45) is 0 Å². The second-order valence-electron chi connectivity index (χ2n) is 7.30. The molecule has 1 aliphatic heterocycles. The van der Waals surface area contributed by atoms with Gasteiger partial charge in [0.05, 0.1) is 12.4 Å². The van der Waals surface area contributed by atoms with Gasteiger partial charge >= 0.3 is 0 Å². The van der Waals surface area contributed by atoms with Crippen molar-refractivity contribution in [2.45, 2.75) is 39.5 Å². The predicted molar refractivity (Wildman–Crippen MR) is 104 cm³/mol. The number of benzene rings is 2. The summed E-state index contributed by atoms with van der Waals surface area (Å²) in [6.07, 6.45) is 2.29. The minimum Gasteiger partial charge on any atom is -0.361 e. The van der Waals surface area contributed by atoms with Crippen molar-refractivity contribution in [2.75, 3.05) is 18.6 Å². The van der Waals surface area contributed by atoms with E-state index in [2.05, 4.69) is 99.3 Å². The molecule has 2 aromatic rings. The lowest BCUT2D eigenvalue weighted by molar-refractivity contribution is 0.496.